The molecule has 3 aliphatic rings. The van der Waals surface area contributed by atoms with E-state index < -0.39 is 0 Å². The smallest absolute Gasteiger partial charge is 0.246 e. The lowest BCUT2D eigenvalue weighted by atomic mass is 9.83. The van der Waals surface area contributed by atoms with Crippen LogP contribution in [0.5, 0.6) is 0 Å². The summed E-state index contributed by atoms with van der Waals surface area (Å²) in [6.45, 7) is 2.47. The number of hydrogen-bond acceptors (Lipinski definition) is 4. The number of carbonyl (C=O) groups is 2. The first-order valence-corrected chi connectivity index (χ1v) is 7.79. The summed E-state index contributed by atoms with van der Waals surface area (Å²) in [5, 5.41) is 2.62. The maximum atomic E-state index is 12.2. The number of nitrogens with one attached hydrogen (secondary N) is 1. The highest BCUT2D eigenvalue weighted by Crippen LogP contribution is 2.41. The average molecular weight is 311 g/mol. The van der Waals surface area contributed by atoms with E-state index in [0.717, 1.165) is 36.1 Å². The first-order chi connectivity index (χ1) is 11.1. The molecule has 1 N–H and O–H groups in total. The molecule has 1 saturated heterocycles. The van der Waals surface area contributed by atoms with E-state index in [4.69, 9.17) is 4.42 Å². The fourth-order valence-electron chi connectivity index (χ4n) is 3.46. The number of piperidine rings is 1. The van der Waals surface area contributed by atoms with Crippen molar-refractivity contribution < 1.29 is 14.0 Å². The van der Waals surface area contributed by atoms with Crippen LogP contribution < -0.4 is 5.32 Å². The standard InChI is InChI=1S/C17H17N3O3/c1-10-19-14(9-23-10)12-3-2-4-13-11(12)5-6-20-15(13)7-16(21)18-8-17(20)22/h4,7,9H,2-3,5-6,8H2,1H3,(H,18,21). The third-order valence-electron chi connectivity index (χ3n) is 4.50. The van der Waals surface area contributed by atoms with Gasteiger partial charge in [0.25, 0.3) is 0 Å². The van der Waals surface area contributed by atoms with Crippen LogP contribution in [0.3, 0.4) is 0 Å². The van der Waals surface area contributed by atoms with Gasteiger partial charge in [-0.25, -0.2) is 4.98 Å². The zero-order valence-electron chi connectivity index (χ0n) is 12.9. The van der Waals surface area contributed by atoms with Crippen LogP contribution in [-0.4, -0.2) is 34.8 Å². The van der Waals surface area contributed by atoms with E-state index in [9.17, 15) is 9.59 Å². The Morgan fingerprint density at radius 1 is 1.26 bits per heavy atom. The van der Waals surface area contributed by atoms with Crippen LogP contribution in [0.25, 0.3) is 5.57 Å². The fraction of sp³-hybridized carbons (Fsp3) is 0.353. The SMILES string of the molecule is Cc1nc(C2=C3CCN4C(=O)CNC(=O)C=C4C3=CCC2)co1. The number of nitrogens with zero attached hydrogens (tertiary/aromatic N) is 2. The van der Waals surface area contributed by atoms with Crippen molar-refractivity contribution in [3.05, 3.63) is 46.8 Å². The molecule has 1 aliphatic carbocycles. The monoisotopic (exact) mass is 311 g/mol. The van der Waals surface area contributed by atoms with Gasteiger partial charge in [-0.15, -0.1) is 0 Å². The zero-order valence-corrected chi connectivity index (χ0v) is 12.9. The molecule has 0 atom stereocenters. The van der Waals surface area contributed by atoms with E-state index in [-0.39, 0.29) is 18.4 Å². The molecule has 1 aromatic rings. The number of fused-ring (bicyclic) bond motifs is 3. The number of amides is 2. The zero-order chi connectivity index (χ0) is 16.0. The van der Waals surface area contributed by atoms with E-state index in [0.29, 0.717) is 18.1 Å². The Kier molecular flexibility index (Phi) is 3.18. The summed E-state index contributed by atoms with van der Waals surface area (Å²) in [4.78, 5) is 30.3. The Morgan fingerprint density at radius 3 is 2.91 bits per heavy atom. The number of oxazole rings is 1. The first-order valence-electron chi connectivity index (χ1n) is 7.79. The normalized spacial score (nSPS) is 21.2. The van der Waals surface area contributed by atoms with Crippen LogP contribution >= 0.6 is 0 Å². The third kappa shape index (κ3) is 2.30. The summed E-state index contributed by atoms with van der Waals surface area (Å²) in [5.74, 6) is 0.360. The molecule has 0 aromatic carbocycles. The number of rotatable bonds is 1. The van der Waals surface area contributed by atoms with Gasteiger partial charge in [0.2, 0.25) is 11.8 Å². The second kappa shape index (κ2) is 5.22. The topological polar surface area (TPSA) is 75.4 Å². The van der Waals surface area contributed by atoms with Gasteiger partial charge >= 0.3 is 0 Å². The minimum Gasteiger partial charge on any atom is -0.449 e. The Hall–Kier alpha value is -2.63. The number of allylic oxidation sites excluding steroid dienone is 3. The van der Waals surface area contributed by atoms with Crippen LogP contribution in [0.15, 0.2) is 39.7 Å². The molecule has 3 heterocycles. The Bertz CT molecular complexity index is 798. The minimum atomic E-state index is -0.220. The van der Waals surface area contributed by atoms with Gasteiger partial charge in [-0.2, -0.15) is 0 Å². The molecule has 0 saturated carbocycles. The molecule has 2 aliphatic heterocycles. The van der Waals surface area contributed by atoms with Gasteiger partial charge in [0.15, 0.2) is 5.89 Å². The fourth-order valence-corrected chi connectivity index (χ4v) is 3.46. The summed E-state index contributed by atoms with van der Waals surface area (Å²) >= 11 is 0. The lowest BCUT2D eigenvalue weighted by Crippen LogP contribution is -2.39. The lowest BCUT2D eigenvalue weighted by Gasteiger charge is -2.35. The molecule has 6 nitrogen and oxygen atoms in total. The molecular weight excluding hydrogens is 294 g/mol. The van der Waals surface area contributed by atoms with Gasteiger partial charge in [0.05, 0.1) is 12.2 Å². The average Bonchev–Trinajstić information content (AvgIpc) is 2.92. The van der Waals surface area contributed by atoms with Crippen molar-refractivity contribution in [3.63, 3.8) is 0 Å². The molecule has 0 unspecified atom stereocenters. The number of carbonyl (C=O) groups excluding carboxylic acids is 2. The third-order valence-corrected chi connectivity index (χ3v) is 4.50. The van der Waals surface area contributed by atoms with Gasteiger partial charge in [0, 0.05) is 19.5 Å². The Labute approximate surface area is 133 Å². The second-order valence-electron chi connectivity index (χ2n) is 5.91. The molecule has 118 valence electrons. The van der Waals surface area contributed by atoms with Crippen LogP contribution in [0.1, 0.15) is 30.8 Å². The summed E-state index contributed by atoms with van der Waals surface area (Å²) in [5.41, 5.74) is 4.90. The summed E-state index contributed by atoms with van der Waals surface area (Å²) in [7, 11) is 0. The molecule has 1 aromatic heterocycles. The van der Waals surface area contributed by atoms with Gasteiger partial charge in [-0.05, 0) is 36.0 Å². The lowest BCUT2D eigenvalue weighted by molar-refractivity contribution is -0.129. The molecular formula is C17H17N3O3. The molecule has 6 heteroatoms. The predicted octanol–water partition coefficient (Wildman–Crippen LogP) is 1.70. The molecule has 23 heavy (non-hydrogen) atoms. The van der Waals surface area contributed by atoms with Crippen LogP contribution in [-0.2, 0) is 9.59 Å². The van der Waals surface area contributed by atoms with Crippen molar-refractivity contribution in [1.29, 1.82) is 0 Å². The van der Waals surface area contributed by atoms with Crippen molar-refractivity contribution in [3.8, 4) is 0 Å². The van der Waals surface area contributed by atoms with Gasteiger partial charge in [0.1, 0.15) is 12.0 Å². The number of hydrogen-bond donors (Lipinski definition) is 1. The minimum absolute atomic E-state index is 0.0561. The maximum absolute atomic E-state index is 12.2. The maximum Gasteiger partial charge on any atom is 0.246 e. The molecule has 1 fully saturated rings. The van der Waals surface area contributed by atoms with E-state index in [1.54, 1.807) is 11.2 Å². The van der Waals surface area contributed by atoms with Crippen molar-refractivity contribution >= 4 is 17.4 Å². The molecule has 4 rings (SSSR count). The van der Waals surface area contributed by atoms with Gasteiger partial charge in [-0.3, -0.25) is 9.59 Å². The first kappa shape index (κ1) is 14.0. The Morgan fingerprint density at radius 2 is 2.13 bits per heavy atom. The highest BCUT2D eigenvalue weighted by molar-refractivity contribution is 5.97. The summed E-state index contributed by atoms with van der Waals surface area (Å²) < 4.78 is 5.35. The highest BCUT2D eigenvalue weighted by Gasteiger charge is 2.33. The Balaban J connectivity index is 1.82. The number of aromatic nitrogens is 1. The van der Waals surface area contributed by atoms with Crippen LogP contribution in [0, 0.1) is 6.92 Å². The van der Waals surface area contributed by atoms with Crippen molar-refractivity contribution in [2.75, 3.05) is 13.1 Å². The molecule has 0 radical (unpaired) electrons. The predicted molar refractivity (Wildman–Crippen MR) is 82.9 cm³/mol. The molecule has 0 bridgehead atoms. The van der Waals surface area contributed by atoms with Gasteiger partial charge in [-0.1, -0.05) is 6.08 Å². The van der Waals surface area contributed by atoms with Crippen LogP contribution in [0.2, 0.25) is 0 Å². The van der Waals surface area contributed by atoms with Crippen molar-refractivity contribution in [2.24, 2.45) is 0 Å². The quantitative estimate of drug-likeness (QED) is 0.856. The van der Waals surface area contributed by atoms with E-state index in [2.05, 4.69) is 16.4 Å². The van der Waals surface area contributed by atoms with E-state index >= 15 is 0 Å². The van der Waals surface area contributed by atoms with E-state index in [1.807, 2.05) is 6.92 Å². The number of aryl methyl sites for hydroxylation is 1. The summed E-state index contributed by atoms with van der Waals surface area (Å²) in [6.07, 6.45) is 7.87. The largest absolute Gasteiger partial charge is 0.449 e. The molecule has 2 amide bonds. The van der Waals surface area contributed by atoms with Crippen molar-refractivity contribution in [1.82, 2.24) is 15.2 Å². The highest BCUT2D eigenvalue weighted by atomic mass is 16.3. The van der Waals surface area contributed by atoms with Crippen LogP contribution in [0.4, 0.5) is 0 Å². The van der Waals surface area contributed by atoms with Gasteiger partial charge < -0.3 is 14.6 Å². The van der Waals surface area contributed by atoms with Crippen molar-refractivity contribution in [2.45, 2.75) is 26.2 Å². The molecule has 0 spiro atoms. The second-order valence-corrected chi connectivity index (χ2v) is 5.91. The van der Waals surface area contributed by atoms with E-state index in [1.165, 1.54) is 11.6 Å². The summed E-state index contributed by atoms with van der Waals surface area (Å²) in [6, 6.07) is 0.